The first-order chi connectivity index (χ1) is 10.7. The van der Waals surface area contributed by atoms with E-state index in [2.05, 4.69) is 5.10 Å². The second-order valence-corrected chi connectivity index (χ2v) is 6.59. The van der Waals surface area contributed by atoms with Crippen LogP contribution in [0.25, 0.3) is 11.1 Å². The zero-order valence-corrected chi connectivity index (χ0v) is 13.7. The SMILES string of the molecule is COc1ccc(-c2cnn(C)c2N)cc1OC1CCSCC1. The summed E-state index contributed by atoms with van der Waals surface area (Å²) in [6.45, 7) is 0. The molecule has 22 heavy (non-hydrogen) atoms. The Hall–Kier alpha value is -1.82. The maximum Gasteiger partial charge on any atom is 0.162 e. The predicted octanol–water partition coefficient (Wildman–Crippen LogP) is 2.95. The number of nitrogen functional groups attached to an aromatic ring is 1. The molecule has 0 aliphatic carbocycles. The molecule has 2 aromatic rings. The lowest BCUT2D eigenvalue weighted by Crippen LogP contribution is -2.22. The number of aromatic nitrogens is 2. The molecule has 1 saturated heterocycles. The number of hydrogen-bond acceptors (Lipinski definition) is 5. The van der Waals surface area contributed by atoms with Crippen LogP contribution in [0.15, 0.2) is 24.4 Å². The highest BCUT2D eigenvalue weighted by molar-refractivity contribution is 7.99. The maximum atomic E-state index is 6.18. The Labute approximate surface area is 134 Å². The van der Waals surface area contributed by atoms with Crippen LogP contribution in [0.3, 0.4) is 0 Å². The number of methoxy groups -OCH3 is 1. The molecular weight excluding hydrogens is 298 g/mol. The van der Waals surface area contributed by atoms with Crippen LogP contribution in [0.4, 0.5) is 5.82 Å². The van der Waals surface area contributed by atoms with Crippen molar-refractivity contribution in [3.05, 3.63) is 24.4 Å². The molecule has 0 amide bonds. The number of nitrogens with two attached hydrogens (primary N) is 1. The van der Waals surface area contributed by atoms with Gasteiger partial charge in [-0.3, -0.25) is 4.68 Å². The van der Waals surface area contributed by atoms with Crippen LogP contribution >= 0.6 is 11.8 Å². The lowest BCUT2D eigenvalue weighted by atomic mass is 10.1. The van der Waals surface area contributed by atoms with Crippen LogP contribution in [-0.4, -0.2) is 34.5 Å². The Bertz CT molecular complexity index is 651. The molecule has 0 atom stereocenters. The van der Waals surface area contributed by atoms with Gasteiger partial charge in [0.15, 0.2) is 11.5 Å². The molecule has 0 radical (unpaired) electrons. The largest absolute Gasteiger partial charge is 0.493 e. The fourth-order valence-corrected chi connectivity index (χ4v) is 3.64. The van der Waals surface area contributed by atoms with Crippen LogP contribution in [0.1, 0.15) is 12.8 Å². The molecule has 2 heterocycles. The van der Waals surface area contributed by atoms with E-state index in [0.29, 0.717) is 5.82 Å². The molecule has 118 valence electrons. The van der Waals surface area contributed by atoms with Gasteiger partial charge in [-0.25, -0.2) is 0 Å². The van der Waals surface area contributed by atoms with Gasteiger partial charge in [0.2, 0.25) is 0 Å². The minimum absolute atomic E-state index is 0.261. The third kappa shape index (κ3) is 3.02. The number of hydrogen-bond donors (Lipinski definition) is 1. The molecule has 1 aromatic carbocycles. The van der Waals surface area contributed by atoms with Gasteiger partial charge in [0.25, 0.3) is 0 Å². The topological polar surface area (TPSA) is 62.3 Å². The molecule has 0 saturated carbocycles. The number of aryl methyl sites for hydroxylation is 1. The Morgan fingerprint density at radius 1 is 1.27 bits per heavy atom. The average Bonchev–Trinajstić information content (AvgIpc) is 2.88. The van der Waals surface area contributed by atoms with Crippen LogP contribution in [0, 0.1) is 0 Å². The highest BCUT2D eigenvalue weighted by atomic mass is 32.2. The summed E-state index contributed by atoms with van der Waals surface area (Å²) >= 11 is 1.99. The Morgan fingerprint density at radius 2 is 2.05 bits per heavy atom. The molecule has 1 aromatic heterocycles. The molecule has 0 bridgehead atoms. The fraction of sp³-hybridized carbons (Fsp3) is 0.438. The van der Waals surface area contributed by atoms with Gasteiger partial charge in [-0.1, -0.05) is 6.07 Å². The molecule has 2 N–H and O–H groups in total. The third-order valence-corrected chi connectivity index (χ3v) is 4.97. The van der Waals surface area contributed by atoms with Gasteiger partial charge in [0.1, 0.15) is 11.9 Å². The van der Waals surface area contributed by atoms with E-state index in [0.717, 1.165) is 47.0 Å². The zero-order chi connectivity index (χ0) is 15.5. The molecule has 0 unspecified atom stereocenters. The summed E-state index contributed by atoms with van der Waals surface area (Å²) in [5.74, 6) is 4.49. The maximum absolute atomic E-state index is 6.18. The standard InChI is InChI=1S/C16H21N3O2S/c1-19-16(17)13(10-18-19)11-3-4-14(20-2)15(9-11)21-12-5-7-22-8-6-12/h3-4,9-10,12H,5-8,17H2,1-2H3. The first kappa shape index (κ1) is 15.1. The van der Waals surface area contributed by atoms with E-state index < -0.39 is 0 Å². The second-order valence-electron chi connectivity index (χ2n) is 5.36. The zero-order valence-electron chi connectivity index (χ0n) is 12.9. The molecule has 3 rings (SSSR count). The van der Waals surface area contributed by atoms with Crippen LogP contribution in [-0.2, 0) is 7.05 Å². The van der Waals surface area contributed by atoms with E-state index in [4.69, 9.17) is 15.2 Å². The van der Waals surface area contributed by atoms with E-state index in [9.17, 15) is 0 Å². The van der Waals surface area contributed by atoms with Crippen molar-refractivity contribution < 1.29 is 9.47 Å². The molecule has 1 aliphatic heterocycles. The lowest BCUT2D eigenvalue weighted by Gasteiger charge is -2.24. The molecule has 5 nitrogen and oxygen atoms in total. The van der Waals surface area contributed by atoms with Crippen molar-refractivity contribution >= 4 is 17.6 Å². The number of rotatable bonds is 4. The molecule has 1 fully saturated rings. The third-order valence-electron chi connectivity index (χ3n) is 3.92. The van der Waals surface area contributed by atoms with Crippen LogP contribution in [0.5, 0.6) is 11.5 Å². The van der Waals surface area contributed by atoms with Gasteiger partial charge in [0, 0.05) is 12.6 Å². The van der Waals surface area contributed by atoms with Crippen LogP contribution < -0.4 is 15.2 Å². The van der Waals surface area contributed by atoms with Gasteiger partial charge < -0.3 is 15.2 Å². The van der Waals surface area contributed by atoms with E-state index in [-0.39, 0.29) is 6.10 Å². The van der Waals surface area contributed by atoms with Gasteiger partial charge >= 0.3 is 0 Å². The monoisotopic (exact) mass is 319 g/mol. The Morgan fingerprint density at radius 3 is 2.68 bits per heavy atom. The number of anilines is 1. The molecular formula is C16H21N3O2S. The van der Waals surface area contributed by atoms with Crippen molar-refractivity contribution in [1.29, 1.82) is 0 Å². The summed E-state index contributed by atoms with van der Waals surface area (Å²) in [5.41, 5.74) is 7.97. The van der Waals surface area contributed by atoms with Gasteiger partial charge in [-0.15, -0.1) is 0 Å². The highest BCUT2D eigenvalue weighted by Crippen LogP contribution is 2.36. The van der Waals surface area contributed by atoms with Crippen molar-refractivity contribution in [2.24, 2.45) is 7.05 Å². The van der Waals surface area contributed by atoms with Crippen LogP contribution in [0.2, 0.25) is 0 Å². The van der Waals surface area contributed by atoms with Crippen molar-refractivity contribution in [2.45, 2.75) is 18.9 Å². The van der Waals surface area contributed by atoms with E-state index >= 15 is 0 Å². The number of thioether (sulfide) groups is 1. The van der Waals surface area contributed by atoms with Gasteiger partial charge in [-0.2, -0.15) is 16.9 Å². The Balaban J connectivity index is 1.90. The van der Waals surface area contributed by atoms with Crippen molar-refractivity contribution in [3.63, 3.8) is 0 Å². The highest BCUT2D eigenvalue weighted by Gasteiger charge is 2.18. The summed E-state index contributed by atoms with van der Waals surface area (Å²) in [7, 11) is 3.50. The number of benzene rings is 1. The summed E-state index contributed by atoms with van der Waals surface area (Å²) < 4.78 is 13.3. The van der Waals surface area contributed by atoms with E-state index in [1.54, 1.807) is 18.0 Å². The van der Waals surface area contributed by atoms with Crippen molar-refractivity contribution in [1.82, 2.24) is 9.78 Å². The lowest BCUT2D eigenvalue weighted by molar-refractivity contribution is 0.184. The average molecular weight is 319 g/mol. The number of nitrogens with zero attached hydrogens (tertiary/aromatic N) is 2. The summed E-state index contributed by atoms with van der Waals surface area (Å²) in [6, 6.07) is 5.90. The molecule has 1 aliphatic rings. The molecule has 0 spiro atoms. The summed E-state index contributed by atoms with van der Waals surface area (Å²) in [5, 5.41) is 4.20. The normalized spacial score (nSPS) is 15.7. The minimum atomic E-state index is 0.261. The van der Waals surface area contributed by atoms with Crippen molar-refractivity contribution in [2.75, 3.05) is 24.3 Å². The van der Waals surface area contributed by atoms with Crippen molar-refractivity contribution in [3.8, 4) is 22.6 Å². The second kappa shape index (κ2) is 6.52. The summed E-state index contributed by atoms with van der Waals surface area (Å²) in [6.07, 6.45) is 4.19. The summed E-state index contributed by atoms with van der Waals surface area (Å²) in [4.78, 5) is 0. The number of ether oxygens (including phenoxy) is 2. The first-order valence-corrected chi connectivity index (χ1v) is 8.55. The smallest absolute Gasteiger partial charge is 0.162 e. The predicted molar refractivity (Wildman–Crippen MR) is 90.6 cm³/mol. The van der Waals surface area contributed by atoms with Gasteiger partial charge in [0.05, 0.1) is 13.3 Å². The molecule has 6 heteroatoms. The Kier molecular flexibility index (Phi) is 4.47. The quantitative estimate of drug-likeness (QED) is 0.939. The first-order valence-electron chi connectivity index (χ1n) is 7.39. The van der Waals surface area contributed by atoms with Gasteiger partial charge in [-0.05, 0) is 42.0 Å². The fourth-order valence-electron chi connectivity index (χ4n) is 2.58. The van der Waals surface area contributed by atoms with E-state index in [1.165, 1.54) is 0 Å². The minimum Gasteiger partial charge on any atom is -0.493 e. The van der Waals surface area contributed by atoms with E-state index in [1.807, 2.05) is 37.0 Å².